The van der Waals surface area contributed by atoms with E-state index in [0.29, 0.717) is 29.0 Å². The monoisotopic (exact) mass is 255 g/mol. The molecule has 94 valence electrons. The lowest BCUT2D eigenvalue weighted by molar-refractivity contribution is -0.117. The number of amides is 1. The third-order valence-electron chi connectivity index (χ3n) is 2.54. The van der Waals surface area contributed by atoms with Crippen LogP contribution in [0.2, 0.25) is 5.02 Å². The Morgan fingerprint density at radius 1 is 1.53 bits per heavy atom. The van der Waals surface area contributed by atoms with Crippen LogP contribution >= 0.6 is 11.6 Å². The fourth-order valence-corrected chi connectivity index (χ4v) is 1.40. The number of nitrogens with two attached hydrogens (primary N) is 1. The Morgan fingerprint density at radius 2 is 2.18 bits per heavy atom. The van der Waals surface area contributed by atoms with Crippen molar-refractivity contribution in [3.8, 4) is 0 Å². The van der Waals surface area contributed by atoms with Crippen molar-refractivity contribution in [2.24, 2.45) is 0 Å². The van der Waals surface area contributed by atoms with E-state index >= 15 is 0 Å². The first-order valence-electron chi connectivity index (χ1n) is 5.45. The second-order valence-electron chi connectivity index (χ2n) is 4.30. The van der Waals surface area contributed by atoms with Crippen molar-refractivity contribution >= 4 is 28.9 Å². The number of hydrogen-bond acceptors (Lipinski definition) is 3. The molecule has 0 unspecified atom stereocenters. The smallest absolute Gasteiger partial charge is 0.238 e. The summed E-state index contributed by atoms with van der Waals surface area (Å²) >= 11 is 5.96. The van der Waals surface area contributed by atoms with E-state index in [4.69, 9.17) is 17.3 Å². The Labute approximate surface area is 107 Å². The average Bonchev–Trinajstić information content (AvgIpc) is 2.23. The first-order valence-corrected chi connectivity index (χ1v) is 5.83. The van der Waals surface area contributed by atoms with Gasteiger partial charge < -0.3 is 11.1 Å². The predicted molar refractivity (Wildman–Crippen MR) is 72.3 cm³/mol. The molecule has 0 spiro atoms. The molecule has 0 fully saturated rings. The molecule has 1 aromatic carbocycles. The molecule has 0 aliphatic carbocycles. The minimum absolute atomic E-state index is 0.103. The summed E-state index contributed by atoms with van der Waals surface area (Å²) in [6.45, 7) is 4.38. The Bertz CT molecular complexity index is 407. The van der Waals surface area contributed by atoms with Gasteiger partial charge in [0.15, 0.2) is 0 Å². The third kappa shape index (κ3) is 4.24. The number of likely N-dealkylation sites (N-methyl/N-ethyl adjacent to an activating group) is 1. The Hall–Kier alpha value is -1.26. The highest BCUT2D eigenvalue weighted by Gasteiger charge is 2.11. The Morgan fingerprint density at radius 3 is 2.76 bits per heavy atom. The van der Waals surface area contributed by atoms with Gasteiger partial charge in [-0.05, 0) is 39.1 Å². The van der Waals surface area contributed by atoms with Crippen LogP contribution in [-0.2, 0) is 4.79 Å². The number of benzene rings is 1. The quantitative estimate of drug-likeness (QED) is 0.811. The zero-order valence-electron chi connectivity index (χ0n) is 10.3. The summed E-state index contributed by atoms with van der Waals surface area (Å²) in [7, 11) is 1.89. The maximum Gasteiger partial charge on any atom is 0.238 e. The van der Waals surface area contributed by atoms with Crippen molar-refractivity contribution in [1.82, 2.24) is 4.90 Å². The molecule has 0 saturated heterocycles. The predicted octanol–water partition coefficient (Wildman–Crippen LogP) is 2.20. The van der Waals surface area contributed by atoms with Crippen LogP contribution in [0.4, 0.5) is 11.4 Å². The van der Waals surface area contributed by atoms with Gasteiger partial charge in [-0.25, -0.2) is 0 Å². The van der Waals surface area contributed by atoms with Crippen molar-refractivity contribution in [1.29, 1.82) is 0 Å². The lowest BCUT2D eigenvalue weighted by Gasteiger charge is -2.20. The molecule has 0 saturated carbocycles. The minimum atomic E-state index is -0.103. The zero-order chi connectivity index (χ0) is 13.0. The molecule has 5 heteroatoms. The summed E-state index contributed by atoms with van der Waals surface area (Å²) < 4.78 is 0. The topological polar surface area (TPSA) is 58.4 Å². The van der Waals surface area contributed by atoms with Gasteiger partial charge >= 0.3 is 0 Å². The Balaban J connectivity index is 2.65. The van der Waals surface area contributed by atoms with Crippen LogP contribution in [0.15, 0.2) is 18.2 Å². The maximum atomic E-state index is 11.7. The van der Waals surface area contributed by atoms with E-state index in [2.05, 4.69) is 5.32 Å². The number of carbonyl (C=O) groups is 1. The molecule has 3 N–H and O–H groups in total. The standard InChI is InChI=1S/C12H18ClN3O/c1-8(2)16(3)7-12(17)15-11-6-9(14)4-5-10(11)13/h4-6,8H,7,14H2,1-3H3,(H,15,17). The van der Waals surface area contributed by atoms with Gasteiger partial charge in [0.1, 0.15) is 0 Å². The fourth-order valence-electron chi connectivity index (χ4n) is 1.24. The summed E-state index contributed by atoms with van der Waals surface area (Å²) in [6, 6.07) is 5.32. The number of carbonyl (C=O) groups excluding carboxylic acids is 1. The molecular formula is C12H18ClN3O. The van der Waals surface area contributed by atoms with Gasteiger partial charge in [0, 0.05) is 11.7 Å². The van der Waals surface area contributed by atoms with Crippen LogP contribution < -0.4 is 11.1 Å². The molecule has 0 aliphatic heterocycles. The first kappa shape index (κ1) is 13.8. The largest absolute Gasteiger partial charge is 0.399 e. The van der Waals surface area contributed by atoms with E-state index in [1.54, 1.807) is 18.2 Å². The molecule has 0 heterocycles. The van der Waals surface area contributed by atoms with Gasteiger partial charge in [-0.1, -0.05) is 11.6 Å². The number of rotatable bonds is 4. The van der Waals surface area contributed by atoms with Crippen LogP contribution in [0.3, 0.4) is 0 Å². The highest BCUT2D eigenvalue weighted by atomic mass is 35.5. The van der Waals surface area contributed by atoms with E-state index in [9.17, 15) is 4.79 Å². The number of anilines is 2. The van der Waals surface area contributed by atoms with E-state index in [1.165, 1.54) is 0 Å². The van der Waals surface area contributed by atoms with E-state index in [1.807, 2.05) is 25.8 Å². The van der Waals surface area contributed by atoms with Gasteiger partial charge in [-0.15, -0.1) is 0 Å². The summed E-state index contributed by atoms with van der Waals surface area (Å²) in [4.78, 5) is 13.7. The van der Waals surface area contributed by atoms with Crippen LogP contribution in [-0.4, -0.2) is 30.4 Å². The molecule has 17 heavy (non-hydrogen) atoms. The highest BCUT2D eigenvalue weighted by Crippen LogP contribution is 2.23. The second-order valence-corrected chi connectivity index (χ2v) is 4.70. The van der Waals surface area contributed by atoms with Gasteiger partial charge in [-0.3, -0.25) is 9.69 Å². The first-order chi connectivity index (χ1) is 7.90. The van der Waals surface area contributed by atoms with Crippen molar-refractivity contribution < 1.29 is 4.79 Å². The van der Waals surface area contributed by atoms with E-state index < -0.39 is 0 Å². The van der Waals surface area contributed by atoms with Crippen LogP contribution in [0.5, 0.6) is 0 Å². The molecule has 0 aliphatic rings. The van der Waals surface area contributed by atoms with Gasteiger partial charge in [0.25, 0.3) is 0 Å². The van der Waals surface area contributed by atoms with Gasteiger partial charge in [0.2, 0.25) is 5.91 Å². The summed E-state index contributed by atoms with van der Waals surface area (Å²) in [5.41, 5.74) is 6.75. The number of halogens is 1. The van der Waals surface area contributed by atoms with Crippen LogP contribution in [0.1, 0.15) is 13.8 Å². The molecule has 0 bridgehead atoms. The maximum absolute atomic E-state index is 11.7. The zero-order valence-corrected chi connectivity index (χ0v) is 11.1. The normalized spacial score (nSPS) is 10.9. The molecule has 1 rings (SSSR count). The number of nitrogens with one attached hydrogen (secondary N) is 1. The van der Waals surface area contributed by atoms with Crippen LogP contribution in [0, 0.1) is 0 Å². The van der Waals surface area contributed by atoms with E-state index in [0.717, 1.165) is 0 Å². The number of hydrogen-bond donors (Lipinski definition) is 2. The minimum Gasteiger partial charge on any atom is -0.399 e. The third-order valence-corrected chi connectivity index (χ3v) is 2.87. The van der Waals surface area contributed by atoms with Crippen molar-refractivity contribution in [2.75, 3.05) is 24.6 Å². The molecule has 0 radical (unpaired) electrons. The lowest BCUT2D eigenvalue weighted by atomic mass is 10.2. The van der Waals surface area contributed by atoms with Crippen molar-refractivity contribution in [3.05, 3.63) is 23.2 Å². The molecule has 4 nitrogen and oxygen atoms in total. The van der Waals surface area contributed by atoms with Gasteiger partial charge in [0.05, 0.1) is 17.3 Å². The molecule has 0 atom stereocenters. The van der Waals surface area contributed by atoms with Crippen LogP contribution in [0.25, 0.3) is 0 Å². The molecule has 0 aromatic heterocycles. The number of nitrogen functional groups attached to an aromatic ring is 1. The summed E-state index contributed by atoms with van der Waals surface area (Å²) in [6.07, 6.45) is 0. The summed E-state index contributed by atoms with van der Waals surface area (Å²) in [5.74, 6) is -0.103. The Kier molecular flexibility index (Phi) is 4.78. The molecule has 1 aromatic rings. The number of nitrogens with zero attached hydrogens (tertiary/aromatic N) is 1. The highest BCUT2D eigenvalue weighted by molar-refractivity contribution is 6.33. The average molecular weight is 256 g/mol. The molecule has 1 amide bonds. The molecular weight excluding hydrogens is 238 g/mol. The fraction of sp³-hybridized carbons (Fsp3) is 0.417. The van der Waals surface area contributed by atoms with Crippen molar-refractivity contribution in [3.63, 3.8) is 0 Å². The van der Waals surface area contributed by atoms with E-state index in [-0.39, 0.29) is 5.91 Å². The van der Waals surface area contributed by atoms with Crippen molar-refractivity contribution in [2.45, 2.75) is 19.9 Å². The SMILES string of the molecule is CC(C)N(C)CC(=O)Nc1cc(N)ccc1Cl. The van der Waals surface area contributed by atoms with Gasteiger partial charge in [-0.2, -0.15) is 0 Å². The lowest BCUT2D eigenvalue weighted by Crippen LogP contribution is -2.34. The summed E-state index contributed by atoms with van der Waals surface area (Å²) in [5, 5.41) is 3.23. The second kappa shape index (κ2) is 5.89.